The molecule has 0 saturated carbocycles. The molecular formula is C6H3Cl2NO2. The summed E-state index contributed by atoms with van der Waals surface area (Å²) < 4.78 is 21.7. The van der Waals surface area contributed by atoms with Crippen molar-refractivity contribution in [1.82, 2.24) is 0 Å². The number of nitrogens with zero attached hydrogens (tertiary/aromatic N) is 1. The Morgan fingerprint density at radius 2 is 2.18 bits per heavy atom. The number of rotatable bonds is 1. The van der Waals surface area contributed by atoms with E-state index in [4.69, 9.17) is 27.3 Å². The molecule has 1 aromatic carbocycles. The molecule has 0 aromatic heterocycles. The van der Waals surface area contributed by atoms with Crippen LogP contribution in [0.2, 0.25) is 10.0 Å². The van der Waals surface area contributed by atoms with E-state index in [-0.39, 0.29) is 0 Å². The van der Waals surface area contributed by atoms with Crippen LogP contribution in [-0.4, -0.2) is 4.92 Å². The predicted octanol–water partition coefficient (Wildman–Crippen LogP) is 2.90. The first-order valence-electron chi connectivity index (χ1n) is 3.97. The molecule has 0 N–H and O–H groups in total. The van der Waals surface area contributed by atoms with Gasteiger partial charge in [0, 0.05) is 11.1 Å². The van der Waals surface area contributed by atoms with E-state index in [0.29, 0.717) is 0 Å². The van der Waals surface area contributed by atoms with Crippen molar-refractivity contribution in [3.63, 3.8) is 0 Å². The highest BCUT2D eigenvalue weighted by Crippen LogP contribution is 2.26. The lowest BCUT2D eigenvalue weighted by Gasteiger charge is -1.93. The molecule has 5 heteroatoms. The van der Waals surface area contributed by atoms with Crippen molar-refractivity contribution >= 4 is 28.9 Å². The zero-order valence-corrected chi connectivity index (χ0v) is 6.53. The van der Waals surface area contributed by atoms with Gasteiger partial charge in [-0.15, -0.1) is 0 Å². The first-order valence-corrected chi connectivity index (χ1v) is 3.22. The maximum Gasteiger partial charge on any atom is 0.289 e. The van der Waals surface area contributed by atoms with Gasteiger partial charge in [-0.2, -0.15) is 0 Å². The molecule has 0 heterocycles. The SMILES string of the molecule is [2H]c1c([2H])c(Cl)c([N+](=O)[O-])c([2H])c1Cl. The van der Waals surface area contributed by atoms with Crippen LogP contribution in [0.25, 0.3) is 0 Å². The first-order chi connectivity index (χ1) is 6.37. The Balaban J connectivity index is 3.68. The van der Waals surface area contributed by atoms with Gasteiger partial charge in [-0.1, -0.05) is 23.2 Å². The molecular weight excluding hydrogens is 189 g/mol. The average Bonchev–Trinajstić information content (AvgIpc) is 2.11. The second kappa shape index (κ2) is 3.07. The van der Waals surface area contributed by atoms with Crippen LogP contribution in [0, 0.1) is 10.1 Å². The van der Waals surface area contributed by atoms with E-state index < -0.39 is 38.8 Å². The van der Waals surface area contributed by atoms with Crippen molar-refractivity contribution in [2.24, 2.45) is 0 Å². The summed E-state index contributed by atoms with van der Waals surface area (Å²) >= 11 is 10.9. The standard InChI is InChI=1S/C6H3Cl2NO2/c7-4-1-2-5(8)6(3-4)9(10)11/h1-3H/i1D,2D,3D. The van der Waals surface area contributed by atoms with Gasteiger partial charge in [0.15, 0.2) is 0 Å². The lowest BCUT2D eigenvalue weighted by molar-refractivity contribution is -0.384. The van der Waals surface area contributed by atoms with E-state index in [2.05, 4.69) is 0 Å². The van der Waals surface area contributed by atoms with Crippen molar-refractivity contribution in [2.75, 3.05) is 0 Å². The number of nitro benzene ring substituents is 1. The topological polar surface area (TPSA) is 43.1 Å². The van der Waals surface area contributed by atoms with Crippen LogP contribution in [0.3, 0.4) is 0 Å². The molecule has 0 atom stereocenters. The molecule has 1 rings (SSSR count). The van der Waals surface area contributed by atoms with Crippen molar-refractivity contribution < 1.29 is 9.04 Å². The van der Waals surface area contributed by atoms with Crippen LogP contribution in [0.5, 0.6) is 0 Å². The van der Waals surface area contributed by atoms with E-state index in [1.807, 2.05) is 0 Å². The molecule has 0 aliphatic rings. The minimum atomic E-state index is -0.895. The fraction of sp³-hybridized carbons (Fsp3) is 0. The molecule has 0 bridgehead atoms. The second-order valence-electron chi connectivity index (χ2n) is 1.61. The largest absolute Gasteiger partial charge is 0.289 e. The summed E-state index contributed by atoms with van der Waals surface area (Å²) in [5.41, 5.74) is -0.738. The first kappa shape index (κ1) is 4.95. The van der Waals surface area contributed by atoms with Gasteiger partial charge in [0.05, 0.1) is 9.04 Å². The third-order valence-electron chi connectivity index (χ3n) is 0.901. The Kier molecular flexibility index (Phi) is 1.38. The highest BCUT2D eigenvalue weighted by Gasteiger charge is 2.11. The normalized spacial score (nSPS) is 13.5. The molecule has 0 aliphatic carbocycles. The van der Waals surface area contributed by atoms with Crippen molar-refractivity contribution in [1.29, 1.82) is 0 Å². The summed E-state index contributed by atoms with van der Waals surface area (Å²) in [6.45, 7) is 0. The summed E-state index contributed by atoms with van der Waals surface area (Å²) in [6, 6.07) is -1.66. The maximum atomic E-state index is 10.5. The number of hydrogen-bond donors (Lipinski definition) is 0. The fourth-order valence-corrected chi connectivity index (χ4v) is 0.785. The summed E-state index contributed by atoms with van der Waals surface area (Å²) in [4.78, 5) is 9.56. The maximum absolute atomic E-state index is 10.5. The molecule has 0 radical (unpaired) electrons. The zero-order chi connectivity index (χ0) is 11.0. The Labute approximate surface area is 76.9 Å². The number of benzene rings is 1. The zero-order valence-electron chi connectivity index (χ0n) is 8.02. The molecule has 3 nitrogen and oxygen atoms in total. The third kappa shape index (κ3) is 1.82. The summed E-state index contributed by atoms with van der Waals surface area (Å²) in [7, 11) is 0. The van der Waals surface area contributed by atoms with Crippen LogP contribution >= 0.6 is 23.2 Å². The van der Waals surface area contributed by atoms with Gasteiger partial charge in [0.1, 0.15) is 5.02 Å². The molecule has 0 unspecified atom stereocenters. The molecule has 1 aromatic rings. The monoisotopic (exact) mass is 194 g/mol. The van der Waals surface area contributed by atoms with Crippen molar-refractivity contribution in [3.8, 4) is 0 Å². The molecule has 0 amide bonds. The molecule has 58 valence electrons. The molecule has 0 saturated heterocycles. The molecule has 0 aliphatic heterocycles. The highest BCUT2D eigenvalue weighted by atomic mass is 35.5. The van der Waals surface area contributed by atoms with Crippen LogP contribution in [0.4, 0.5) is 5.69 Å². The third-order valence-corrected chi connectivity index (χ3v) is 1.36. The molecule has 0 fully saturated rings. The van der Waals surface area contributed by atoms with Crippen molar-refractivity contribution in [2.45, 2.75) is 0 Å². The predicted molar refractivity (Wildman–Crippen MR) is 43.1 cm³/mol. The van der Waals surface area contributed by atoms with Crippen LogP contribution in [-0.2, 0) is 0 Å². The Morgan fingerprint density at radius 3 is 2.73 bits per heavy atom. The van der Waals surface area contributed by atoms with Gasteiger partial charge in [0.25, 0.3) is 5.69 Å². The Morgan fingerprint density at radius 1 is 1.55 bits per heavy atom. The minimum absolute atomic E-state index is 0.439. The van der Waals surface area contributed by atoms with Gasteiger partial charge in [-0.05, 0) is 12.1 Å². The van der Waals surface area contributed by atoms with Crippen LogP contribution in [0.1, 0.15) is 4.11 Å². The Bertz CT molecular complexity index is 395. The van der Waals surface area contributed by atoms with Gasteiger partial charge >= 0.3 is 0 Å². The van der Waals surface area contributed by atoms with E-state index in [0.717, 1.165) is 0 Å². The summed E-state index contributed by atoms with van der Waals surface area (Å²) in [5, 5.41) is 9.48. The summed E-state index contributed by atoms with van der Waals surface area (Å²) in [5.74, 6) is 0. The van der Waals surface area contributed by atoms with Crippen LogP contribution < -0.4 is 0 Å². The smallest absolute Gasteiger partial charge is 0.258 e. The number of nitro groups is 1. The number of halogens is 2. The molecule has 11 heavy (non-hydrogen) atoms. The molecule has 0 spiro atoms. The highest BCUT2D eigenvalue weighted by molar-refractivity contribution is 6.34. The van der Waals surface area contributed by atoms with E-state index >= 15 is 0 Å². The van der Waals surface area contributed by atoms with Gasteiger partial charge in [-0.3, -0.25) is 10.1 Å². The van der Waals surface area contributed by atoms with E-state index in [1.165, 1.54) is 0 Å². The Hall–Kier alpha value is -0.800. The van der Waals surface area contributed by atoms with Crippen LogP contribution in [0.15, 0.2) is 18.1 Å². The second-order valence-corrected chi connectivity index (χ2v) is 2.36. The minimum Gasteiger partial charge on any atom is -0.258 e. The number of hydrogen-bond acceptors (Lipinski definition) is 2. The fourth-order valence-electron chi connectivity index (χ4n) is 0.485. The average molecular weight is 195 g/mol. The summed E-state index contributed by atoms with van der Waals surface area (Å²) in [6.07, 6.45) is 0. The quantitative estimate of drug-likeness (QED) is 0.510. The van der Waals surface area contributed by atoms with Crippen molar-refractivity contribution in [3.05, 3.63) is 38.3 Å². The lowest BCUT2D eigenvalue weighted by atomic mass is 10.3. The van der Waals surface area contributed by atoms with Gasteiger partial charge in [-0.25, -0.2) is 0 Å². The lowest BCUT2D eigenvalue weighted by Crippen LogP contribution is -1.87. The van der Waals surface area contributed by atoms with E-state index in [9.17, 15) is 10.1 Å². The van der Waals surface area contributed by atoms with E-state index in [1.54, 1.807) is 0 Å². The van der Waals surface area contributed by atoms with Gasteiger partial charge in [0.2, 0.25) is 0 Å². The van der Waals surface area contributed by atoms with Gasteiger partial charge < -0.3 is 0 Å².